The summed E-state index contributed by atoms with van der Waals surface area (Å²) in [6.07, 6.45) is 3.89. The second-order valence-corrected chi connectivity index (χ2v) is 3.96. The topological polar surface area (TPSA) is 12.0 Å². The maximum absolute atomic E-state index is 13.1. The van der Waals surface area contributed by atoms with E-state index < -0.39 is 0 Å². The molecule has 14 heavy (non-hydrogen) atoms. The predicted octanol–water partition coefficient (Wildman–Crippen LogP) is 3.21. The van der Waals surface area contributed by atoms with Gasteiger partial charge in [0.05, 0.1) is 4.47 Å². The molecule has 0 saturated carbocycles. The van der Waals surface area contributed by atoms with Gasteiger partial charge in [-0.05, 0) is 47.6 Å². The van der Waals surface area contributed by atoms with Gasteiger partial charge in [-0.25, -0.2) is 4.39 Å². The van der Waals surface area contributed by atoms with Crippen molar-refractivity contribution in [2.24, 2.45) is 0 Å². The fourth-order valence-electron chi connectivity index (χ4n) is 0.968. The second kappa shape index (κ2) is 5.27. The van der Waals surface area contributed by atoms with Crippen LogP contribution in [0.5, 0.6) is 0 Å². The van der Waals surface area contributed by atoms with Crippen LogP contribution in [-0.2, 0) is 0 Å². The zero-order valence-corrected chi connectivity index (χ0v) is 9.81. The summed E-state index contributed by atoms with van der Waals surface area (Å²) in [5, 5.41) is 3.07. The van der Waals surface area contributed by atoms with E-state index >= 15 is 0 Å². The van der Waals surface area contributed by atoms with Crippen LogP contribution < -0.4 is 5.32 Å². The van der Waals surface area contributed by atoms with Gasteiger partial charge in [-0.3, -0.25) is 0 Å². The summed E-state index contributed by atoms with van der Waals surface area (Å²) in [6.45, 7) is 2.03. The number of rotatable bonds is 3. The highest BCUT2D eigenvalue weighted by atomic mass is 79.9. The zero-order chi connectivity index (χ0) is 10.6. The SMILES string of the molecule is CNC(C)/C=C/c1ccc(Br)c(F)c1. The molecule has 76 valence electrons. The van der Waals surface area contributed by atoms with Gasteiger partial charge in [-0.2, -0.15) is 0 Å². The van der Waals surface area contributed by atoms with E-state index in [9.17, 15) is 4.39 Å². The van der Waals surface area contributed by atoms with Crippen LogP contribution in [0.2, 0.25) is 0 Å². The van der Waals surface area contributed by atoms with Crippen LogP contribution in [0.4, 0.5) is 4.39 Å². The molecule has 0 radical (unpaired) electrons. The van der Waals surface area contributed by atoms with Crippen molar-refractivity contribution in [2.45, 2.75) is 13.0 Å². The summed E-state index contributed by atoms with van der Waals surface area (Å²) < 4.78 is 13.6. The summed E-state index contributed by atoms with van der Waals surface area (Å²) in [5.74, 6) is -0.232. The Labute approximate surface area is 92.1 Å². The maximum atomic E-state index is 13.1. The van der Waals surface area contributed by atoms with E-state index in [1.807, 2.05) is 32.2 Å². The molecule has 0 fully saturated rings. The van der Waals surface area contributed by atoms with Crippen molar-refractivity contribution >= 4 is 22.0 Å². The van der Waals surface area contributed by atoms with Gasteiger partial charge in [0.1, 0.15) is 5.82 Å². The van der Waals surface area contributed by atoms with E-state index in [4.69, 9.17) is 0 Å². The molecule has 1 rings (SSSR count). The van der Waals surface area contributed by atoms with Gasteiger partial charge >= 0.3 is 0 Å². The molecule has 0 bridgehead atoms. The average molecular weight is 258 g/mol. The standard InChI is InChI=1S/C11H13BrFN/c1-8(14-2)3-4-9-5-6-10(12)11(13)7-9/h3-8,14H,1-2H3/b4-3+. The molecule has 0 aliphatic heterocycles. The molecule has 1 unspecified atom stereocenters. The maximum Gasteiger partial charge on any atom is 0.137 e. The van der Waals surface area contributed by atoms with E-state index in [0.717, 1.165) is 5.56 Å². The number of halogens is 2. The summed E-state index contributed by atoms with van der Waals surface area (Å²) in [6, 6.07) is 5.37. The Kier molecular flexibility index (Phi) is 4.29. The smallest absolute Gasteiger partial charge is 0.137 e. The Morgan fingerprint density at radius 2 is 2.21 bits per heavy atom. The molecule has 1 atom stereocenters. The second-order valence-electron chi connectivity index (χ2n) is 3.11. The summed E-state index contributed by atoms with van der Waals surface area (Å²) >= 11 is 3.11. The molecule has 0 spiro atoms. The van der Waals surface area contributed by atoms with Crippen LogP contribution in [0.3, 0.4) is 0 Å². The fraction of sp³-hybridized carbons (Fsp3) is 0.273. The quantitative estimate of drug-likeness (QED) is 0.877. The van der Waals surface area contributed by atoms with E-state index in [0.29, 0.717) is 10.5 Å². The first-order chi connectivity index (χ1) is 6.63. The van der Waals surface area contributed by atoms with Crippen molar-refractivity contribution in [2.75, 3.05) is 7.05 Å². The van der Waals surface area contributed by atoms with Crippen LogP contribution in [0, 0.1) is 5.82 Å². The fourth-order valence-corrected chi connectivity index (χ4v) is 1.21. The molecular formula is C11H13BrFN. The number of hydrogen-bond donors (Lipinski definition) is 1. The van der Waals surface area contributed by atoms with Crippen molar-refractivity contribution < 1.29 is 4.39 Å². The van der Waals surface area contributed by atoms with Crippen molar-refractivity contribution in [1.82, 2.24) is 5.32 Å². The molecule has 0 aromatic heterocycles. The van der Waals surface area contributed by atoms with Gasteiger partial charge in [-0.1, -0.05) is 18.2 Å². The van der Waals surface area contributed by atoms with Gasteiger partial charge in [0.25, 0.3) is 0 Å². The molecule has 0 aliphatic carbocycles. The zero-order valence-electron chi connectivity index (χ0n) is 8.22. The van der Waals surface area contributed by atoms with E-state index in [2.05, 4.69) is 21.2 Å². The van der Waals surface area contributed by atoms with E-state index in [1.165, 1.54) is 6.07 Å². The van der Waals surface area contributed by atoms with Gasteiger partial charge in [-0.15, -0.1) is 0 Å². The van der Waals surface area contributed by atoms with Crippen LogP contribution >= 0.6 is 15.9 Å². The highest BCUT2D eigenvalue weighted by Gasteiger charge is 1.98. The minimum Gasteiger partial charge on any atom is -0.314 e. The highest BCUT2D eigenvalue weighted by molar-refractivity contribution is 9.10. The van der Waals surface area contributed by atoms with Gasteiger partial charge in [0.15, 0.2) is 0 Å². The summed E-state index contributed by atoms with van der Waals surface area (Å²) in [4.78, 5) is 0. The molecule has 1 nitrogen and oxygen atoms in total. The molecule has 0 aliphatic rings. The van der Waals surface area contributed by atoms with Crippen molar-refractivity contribution in [1.29, 1.82) is 0 Å². The highest BCUT2D eigenvalue weighted by Crippen LogP contribution is 2.17. The largest absolute Gasteiger partial charge is 0.314 e. The number of benzene rings is 1. The first-order valence-corrected chi connectivity index (χ1v) is 5.23. The van der Waals surface area contributed by atoms with Gasteiger partial charge in [0.2, 0.25) is 0 Å². The molecule has 1 aromatic carbocycles. The lowest BCUT2D eigenvalue weighted by atomic mass is 10.2. The van der Waals surface area contributed by atoms with Crippen LogP contribution in [-0.4, -0.2) is 13.1 Å². The third kappa shape index (κ3) is 3.24. The lowest BCUT2D eigenvalue weighted by molar-refractivity contribution is 0.621. The number of nitrogens with one attached hydrogen (secondary N) is 1. The van der Waals surface area contributed by atoms with E-state index in [1.54, 1.807) is 6.07 Å². The van der Waals surface area contributed by atoms with Crippen molar-refractivity contribution in [3.8, 4) is 0 Å². The first kappa shape index (κ1) is 11.4. The molecule has 3 heteroatoms. The molecular weight excluding hydrogens is 245 g/mol. The van der Waals surface area contributed by atoms with Crippen molar-refractivity contribution in [3.63, 3.8) is 0 Å². The number of hydrogen-bond acceptors (Lipinski definition) is 1. The number of likely N-dealkylation sites (N-methyl/N-ethyl adjacent to an activating group) is 1. The molecule has 1 N–H and O–H groups in total. The lowest BCUT2D eigenvalue weighted by Gasteiger charge is -2.02. The first-order valence-electron chi connectivity index (χ1n) is 4.44. The summed E-state index contributed by atoms with van der Waals surface area (Å²) in [5.41, 5.74) is 0.868. The third-order valence-electron chi connectivity index (χ3n) is 1.98. The molecule has 0 saturated heterocycles. The molecule has 1 aromatic rings. The van der Waals surface area contributed by atoms with E-state index in [-0.39, 0.29) is 5.82 Å². The minimum atomic E-state index is -0.232. The van der Waals surface area contributed by atoms with Crippen molar-refractivity contribution in [3.05, 3.63) is 40.1 Å². The average Bonchev–Trinajstić information content (AvgIpc) is 2.19. The Bertz CT molecular complexity index is 336. The van der Waals surface area contributed by atoms with Crippen LogP contribution in [0.15, 0.2) is 28.7 Å². The summed E-state index contributed by atoms with van der Waals surface area (Å²) in [7, 11) is 1.89. The molecule has 0 amide bonds. The lowest BCUT2D eigenvalue weighted by Crippen LogP contribution is -2.17. The minimum absolute atomic E-state index is 0.232. The molecule has 0 heterocycles. The Morgan fingerprint density at radius 3 is 2.79 bits per heavy atom. The Hall–Kier alpha value is -0.670. The van der Waals surface area contributed by atoms with Crippen LogP contribution in [0.1, 0.15) is 12.5 Å². The predicted molar refractivity (Wildman–Crippen MR) is 61.7 cm³/mol. The monoisotopic (exact) mass is 257 g/mol. The third-order valence-corrected chi connectivity index (χ3v) is 2.62. The Morgan fingerprint density at radius 1 is 1.50 bits per heavy atom. The Balaban J connectivity index is 2.77. The van der Waals surface area contributed by atoms with Crippen LogP contribution in [0.25, 0.3) is 6.08 Å². The van der Waals surface area contributed by atoms with Gasteiger partial charge in [0, 0.05) is 6.04 Å². The van der Waals surface area contributed by atoms with Gasteiger partial charge < -0.3 is 5.32 Å². The normalized spacial score (nSPS) is 13.4.